The highest BCUT2D eigenvalue weighted by molar-refractivity contribution is 5.79. The van der Waals surface area contributed by atoms with E-state index in [4.69, 9.17) is 10.5 Å². The zero-order chi connectivity index (χ0) is 13.1. The molecule has 2 rings (SSSR count). The van der Waals surface area contributed by atoms with E-state index in [1.54, 1.807) is 0 Å². The van der Waals surface area contributed by atoms with Crippen molar-refractivity contribution in [3.05, 3.63) is 29.8 Å². The molecule has 1 aromatic carbocycles. The van der Waals surface area contributed by atoms with Gasteiger partial charge in [-0.3, -0.25) is 4.79 Å². The summed E-state index contributed by atoms with van der Waals surface area (Å²) in [5.41, 5.74) is 6.89. The number of benzene rings is 1. The fraction of sp³-hybridized carbons (Fsp3) is 0.500. The Hall–Kier alpha value is -1.55. The van der Waals surface area contributed by atoms with Crippen molar-refractivity contribution in [2.45, 2.75) is 32.4 Å². The molecular formula is C14H20N2O2. The molecule has 2 N–H and O–H groups in total. The van der Waals surface area contributed by atoms with E-state index in [1.165, 1.54) is 0 Å². The van der Waals surface area contributed by atoms with Crippen LogP contribution in [0.2, 0.25) is 0 Å². The normalized spacial score (nSPS) is 21.2. The SMILES string of the molecule is Cc1ccccc1OCC(C)N1CC(N)CC1=O. The summed E-state index contributed by atoms with van der Waals surface area (Å²) in [7, 11) is 0. The summed E-state index contributed by atoms with van der Waals surface area (Å²) < 4.78 is 5.76. The molecule has 1 aliphatic rings. The number of amides is 1. The average Bonchev–Trinajstić information content (AvgIpc) is 2.67. The first kappa shape index (κ1) is 12.9. The van der Waals surface area contributed by atoms with Gasteiger partial charge >= 0.3 is 0 Å². The Morgan fingerprint density at radius 2 is 2.22 bits per heavy atom. The molecule has 2 unspecified atom stereocenters. The Bertz CT molecular complexity index is 434. The molecule has 98 valence electrons. The topological polar surface area (TPSA) is 55.6 Å². The maximum Gasteiger partial charge on any atom is 0.224 e. The van der Waals surface area contributed by atoms with Gasteiger partial charge in [0.05, 0.1) is 6.04 Å². The monoisotopic (exact) mass is 248 g/mol. The second kappa shape index (κ2) is 5.40. The molecule has 0 saturated carbocycles. The van der Waals surface area contributed by atoms with Crippen LogP contribution in [-0.4, -0.2) is 36.0 Å². The van der Waals surface area contributed by atoms with Crippen LogP contribution in [-0.2, 0) is 4.79 Å². The third kappa shape index (κ3) is 2.82. The fourth-order valence-electron chi connectivity index (χ4n) is 2.21. The van der Waals surface area contributed by atoms with Crippen molar-refractivity contribution in [3.63, 3.8) is 0 Å². The maximum absolute atomic E-state index is 11.7. The zero-order valence-corrected chi connectivity index (χ0v) is 10.9. The molecule has 2 atom stereocenters. The molecule has 1 heterocycles. The van der Waals surface area contributed by atoms with Gasteiger partial charge in [-0.25, -0.2) is 0 Å². The lowest BCUT2D eigenvalue weighted by Gasteiger charge is -2.24. The molecule has 0 radical (unpaired) electrons. The number of aryl methyl sites for hydroxylation is 1. The number of hydrogen-bond donors (Lipinski definition) is 1. The van der Waals surface area contributed by atoms with Crippen LogP contribution < -0.4 is 10.5 Å². The van der Waals surface area contributed by atoms with Crippen LogP contribution in [0.25, 0.3) is 0 Å². The van der Waals surface area contributed by atoms with E-state index in [1.807, 2.05) is 43.0 Å². The number of nitrogens with two attached hydrogens (primary N) is 1. The van der Waals surface area contributed by atoms with Crippen LogP contribution in [0.3, 0.4) is 0 Å². The summed E-state index contributed by atoms with van der Waals surface area (Å²) >= 11 is 0. The number of carbonyl (C=O) groups excluding carboxylic acids is 1. The standard InChI is InChI=1S/C14H20N2O2/c1-10-5-3-4-6-13(10)18-9-11(2)16-8-12(15)7-14(16)17/h3-6,11-12H,7-9,15H2,1-2H3. The van der Waals surface area contributed by atoms with Gasteiger partial charge in [0.1, 0.15) is 12.4 Å². The number of para-hydroxylation sites is 1. The Morgan fingerprint density at radius 1 is 1.50 bits per heavy atom. The van der Waals surface area contributed by atoms with Crippen molar-refractivity contribution in [1.29, 1.82) is 0 Å². The van der Waals surface area contributed by atoms with Gasteiger partial charge in [0.2, 0.25) is 5.91 Å². The number of carbonyl (C=O) groups is 1. The lowest BCUT2D eigenvalue weighted by atomic mass is 10.2. The summed E-state index contributed by atoms with van der Waals surface area (Å²) in [6.45, 7) is 5.14. The minimum absolute atomic E-state index is 0.0292. The predicted molar refractivity (Wildman–Crippen MR) is 70.4 cm³/mol. The van der Waals surface area contributed by atoms with Crippen molar-refractivity contribution in [2.24, 2.45) is 5.73 Å². The average molecular weight is 248 g/mol. The predicted octanol–water partition coefficient (Wildman–Crippen LogP) is 1.32. The smallest absolute Gasteiger partial charge is 0.224 e. The Balaban J connectivity index is 1.91. The van der Waals surface area contributed by atoms with Crippen LogP contribution >= 0.6 is 0 Å². The van der Waals surface area contributed by atoms with E-state index in [-0.39, 0.29) is 18.0 Å². The number of rotatable bonds is 4. The van der Waals surface area contributed by atoms with E-state index in [9.17, 15) is 4.79 Å². The quantitative estimate of drug-likeness (QED) is 0.874. The summed E-state index contributed by atoms with van der Waals surface area (Å²) in [5, 5.41) is 0. The zero-order valence-electron chi connectivity index (χ0n) is 10.9. The molecule has 1 aliphatic heterocycles. The van der Waals surface area contributed by atoms with Gasteiger partial charge < -0.3 is 15.4 Å². The molecule has 1 aromatic rings. The van der Waals surface area contributed by atoms with Crippen LogP contribution in [0.1, 0.15) is 18.9 Å². The summed E-state index contributed by atoms with van der Waals surface area (Å²) in [4.78, 5) is 13.5. The van der Waals surface area contributed by atoms with E-state index >= 15 is 0 Å². The second-order valence-corrected chi connectivity index (χ2v) is 4.94. The van der Waals surface area contributed by atoms with Crippen molar-refractivity contribution >= 4 is 5.91 Å². The number of likely N-dealkylation sites (tertiary alicyclic amines) is 1. The molecule has 1 fully saturated rings. The molecule has 4 nitrogen and oxygen atoms in total. The van der Waals surface area contributed by atoms with Crippen LogP contribution in [0, 0.1) is 6.92 Å². The first-order valence-corrected chi connectivity index (χ1v) is 6.31. The molecule has 1 saturated heterocycles. The largest absolute Gasteiger partial charge is 0.491 e. The minimum atomic E-state index is -0.0292. The van der Waals surface area contributed by atoms with E-state index in [2.05, 4.69) is 0 Å². The first-order chi connectivity index (χ1) is 8.58. The number of ether oxygens (including phenoxy) is 1. The van der Waals surface area contributed by atoms with Crippen molar-refractivity contribution < 1.29 is 9.53 Å². The lowest BCUT2D eigenvalue weighted by molar-refractivity contribution is -0.129. The molecular weight excluding hydrogens is 228 g/mol. The van der Waals surface area contributed by atoms with Gasteiger partial charge in [0.25, 0.3) is 0 Å². The third-order valence-electron chi connectivity index (χ3n) is 3.29. The maximum atomic E-state index is 11.7. The molecule has 1 amide bonds. The number of nitrogens with zero attached hydrogens (tertiary/aromatic N) is 1. The highest BCUT2D eigenvalue weighted by Crippen LogP contribution is 2.18. The van der Waals surface area contributed by atoms with Gasteiger partial charge in [0, 0.05) is 19.0 Å². The van der Waals surface area contributed by atoms with E-state index < -0.39 is 0 Å². The molecule has 18 heavy (non-hydrogen) atoms. The Kier molecular flexibility index (Phi) is 3.87. The molecule has 4 heteroatoms. The number of hydrogen-bond acceptors (Lipinski definition) is 3. The molecule has 0 spiro atoms. The lowest BCUT2D eigenvalue weighted by Crippen LogP contribution is -2.39. The van der Waals surface area contributed by atoms with E-state index in [0.717, 1.165) is 11.3 Å². The van der Waals surface area contributed by atoms with Crippen molar-refractivity contribution in [3.8, 4) is 5.75 Å². The Morgan fingerprint density at radius 3 is 2.83 bits per heavy atom. The molecule has 0 aliphatic carbocycles. The van der Waals surface area contributed by atoms with Gasteiger partial charge in [-0.1, -0.05) is 18.2 Å². The highest BCUT2D eigenvalue weighted by atomic mass is 16.5. The van der Waals surface area contributed by atoms with E-state index in [0.29, 0.717) is 19.6 Å². The van der Waals surface area contributed by atoms with Gasteiger partial charge in [-0.2, -0.15) is 0 Å². The molecule has 0 bridgehead atoms. The molecule has 0 aromatic heterocycles. The fourth-order valence-corrected chi connectivity index (χ4v) is 2.21. The van der Waals surface area contributed by atoms with Crippen LogP contribution in [0.5, 0.6) is 5.75 Å². The van der Waals surface area contributed by atoms with Gasteiger partial charge in [0.15, 0.2) is 0 Å². The second-order valence-electron chi connectivity index (χ2n) is 4.94. The third-order valence-corrected chi connectivity index (χ3v) is 3.29. The summed E-state index contributed by atoms with van der Waals surface area (Å²) in [6.07, 6.45) is 0.453. The summed E-state index contributed by atoms with van der Waals surface area (Å²) in [5.74, 6) is 1.00. The van der Waals surface area contributed by atoms with Crippen LogP contribution in [0.4, 0.5) is 0 Å². The van der Waals surface area contributed by atoms with Crippen molar-refractivity contribution in [1.82, 2.24) is 4.90 Å². The Labute approximate surface area is 108 Å². The van der Waals surface area contributed by atoms with Crippen LogP contribution in [0.15, 0.2) is 24.3 Å². The minimum Gasteiger partial charge on any atom is -0.491 e. The first-order valence-electron chi connectivity index (χ1n) is 6.31. The highest BCUT2D eigenvalue weighted by Gasteiger charge is 2.30. The van der Waals surface area contributed by atoms with Crippen molar-refractivity contribution in [2.75, 3.05) is 13.2 Å². The summed E-state index contributed by atoms with van der Waals surface area (Å²) in [6, 6.07) is 7.92. The van der Waals surface area contributed by atoms with Gasteiger partial charge in [-0.05, 0) is 25.5 Å². The van der Waals surface area contributed by atoms with Gasteiger partial charge in [-0.15, -0.1) is 0 Å².